The van der Waals surface area contributed by atoms with E-state index in [4.69, 9.17) is 5.11 Å². The lowest BCUT2D eigenvalue weighted by atomic mass is 10.1. The van der Waals surface area contributed by atoms with Gasteiger partial charge >= 0.3 is 0 Å². The molecule has 0 aliphatic rings. The molecule has 0 fully saturated rings. The van der Waals surface area contributed by atoms with Crippen molar-refractivity contribution < 1.29 is 9.50 Å². The SMILES string of the molecule is CC(NCc1cccc(CO)c1)c1ccc(Br)cc1F. The molecule has 1 unspecified atom stereocenters. The Labute approximate surface area is 126 Å². The van der Waals surface area contributed by atoms with E-state index in [2.05, 4.69) is 21.2 Å². The first-order chi connectivity index (χ1) is 9.60. The minimum Gasteiger partial charge on any atom is -0.392 e. The molecule has 0 bridgehead atoms. The maximum absolute atomic E-state index is 13.8. The van der Waals surface area contributed by atoms with E-state index >= 15 is 0 Å². The van der Waals surface area contributed by atoms with E-state index in [0.29, 0.717) is 12.1 Å². The number of benzene rings is 2. The van der Waals surface area contributed by atoms with E-state index in [1.807, 2.05) is 37.3 Å². The summed E-state index contributed by atoms with van der Waals surface area (Å²) in [7, 11) is 0. The van der Waals surface area contributed by atoms with Crippen LogP contribution in [-0.4, -0.2) is 5.11 Å². The molecule has 0 radical (unpaired) electrons. The predicted octanol–water partition coefficient (Wildman–Crippen LogP) is 3.93. The first-order valence-electron chi connectivity index (χ1n) is 6.47. The van der Waals surface area contributed by atoms with Crippen molar-refractivity contribution in [3.63, 3.8) is 0 Å². The predicted molar refractivity (Wildman–Crippen MR) is 81.7 cm³/mol. The lowest BCUT2D eigenvalue weighted by Crippen LogP contribution is -2.19. The summed E-state index contributed by atoms with van der Waals surface area (Å²) >= 11 is 3.25. The molecular weight excluding hydrogens is 321 g/mol. The molecule has 2 rings (SSSR count). The largest absolute Gasteiger partial charge is 0.392 e. The van der Waals surface area contributed by atoms with Gasteiger partial charge in [-0.3, -0.25) is 0 Å². The molecule has 2 nitrogen and oxygen atoms in total. The number of rotatable bonds is 5. The summed E-state index contributed by atoms with van der Waals surface area (Å²) in [5.41, 5.74) is 2.60. The zero-order chi connectivity index (χ0) is 14.5. The van der Waals surface area contributed by atoms with Gasteiger partial charge in [0.2, 0.25) is 0 Å². The van der Waals surface area contributed by atoms with Crippen molar-refractivity contribution in [3.05, 3.63) is 69.4 Å². The fourth-order valence-electron chi connectivity index (χ4n) is 2.07. The third kappa shape index (κ3) is 3.88. The third-order valence-corrected chi connectivity index (χ3v) is 3.71. The van der Waals surface area contributed by atoms with Crippen LogP contribution >= 0.6 is 15.9 Å². The van der Waals surface area contributed by atoms with Crippen LogP contribution in [0.2, 0.25) is 0 Å². The number of nitrogens with one attached hydrogen (secondary N) is 1. The van der Waals surface area contributed by atoms with Gasteiger partial charge < -0.3 is 10.4 Å². The van der Waals surface area contributed by atoms with E-state index < -0.39 is 0 Å². The summed E-state index contributed by atoms with van der Waals surface area (Å²) in [6.45, 7) is 2.59. The summed E-state index contributed by atoms with van der Waals surface area (Å²) in [4.78, 5) is 0. The molecule has 2 aromatic rings. The number of hydrogen-bond acceptors (Lipinski definition) is 2. The number of hydrogen-bond donors (Lipinski definition) is 2. The first-order valence-corrected chi connectivity index (χ1v) is 7.26. The Morgan fingerprint density at radius 3 is 2.65 bits per heavy atom. The monoisotopic (exact) mass is 337 g/mol. The van der Waals surface area contributed by atoms with E-state index in [1.165, 1.54) is 6.07 Å². The van der Waals surface area contributed by atoms with Crippen LogP contribution in [0, 0.1) is 5.82 Å². The molecule has 2 aromatic carbocycles. The maximum Gasteiger partial charge on any atom is 0.129 e. The van der Waals surface area contributed by atoms with Gasteiger partial charge in [0.05, 0.1) is 6.61 Å². The van der Waals surface area contributed by atoms with Gasteiger partial charge in [0.25, 0.3) is 0 Å². The summed E-state index contributed by atoms with van der Waals surface area (Å²) in [6, 6.07) is 12.7. The minimum atomic E-state index is -0.219. The number of aliphatic hydroxyl groups is 1. The highest BCUT2D eigenvalue weighted by Crippen LogP contribution is 2.21. The summed E-state index contributed by atoms with van der Waals surface area (Å²) in [5.74, 6) is -0.219. The Kier molecular flexibility index (Phi) is 5.29. The van der Waals surface area contributed by atoms with Crippen LogP contribution in [0.1, 0.15) is 29.7 Å². The third-order valence-electron chi connectivity index (χ3n) is 3.22. The van der Waals surface area contributed by atoms with Gasteiger partial charge in [-0.05, 0) is 30.2 Å². The van der Waals surface area contributed by atoms with Crippen molar-refractivity contribution in [2.45, 2.75) is 26.1 Å². The molecule has 0 aliphatic carbocycles. The lowest BCUT2D eigenvalue weighted by molar-refractivity contribution is 0.281. The molecule has 2 N–H and O–H groups in total. The minimum absolute atomic E-state index is 0.0325. The van der Waals surface area contributed by atoms with Crippen LogP contribution in [0.3, 0.4) is 0 Å². The van der Waals surface area contributed by atoms with Crippen LogP contribution in [0.25, 0.3) is 0 Å². The zero-order valence-corrected chi connectivity index (χ0v) is 12.8. The van der Waals surface area contributed by atoms with Crippen molar-refractivity contribution in [2.75, 3.05) is 0 Å². The Morgan fingerprint density at radius 1 is 1.20 bits per heavy atom. The highest BCUT2D eigenvalue weighted by atomic mass is 79.9. The lowest BCUT2D eigenvalue weighted by Gasteiger charge is -2.15. The molecule has 0 aromatic heterocycles. The standard InChI is InChI=1S/C16H17BrFNO/c1-11(15-6-5-14(17)8-16(15)18)19-9-12-3-2-4-13(7-12)10-20/h2-8,11,19-20H,9-10H2,1H3. The topological polar surface area (TPSA) is 32.3 Å². The second-order valence-electron chi connectivity index (χ2n) is 4.75. The Hall–Kier alpha value is -1.23. The van der Waals surface area contributed by atoms with Gasteiger partial charge in [0, 0.05) is 22.6 Å². The number of aliphatic hydroxyl groups excluding tert-OH is 1. The average molecular weight is 338 g/mol. The van der Waals surface area contributed by atoms with E-state index in [0.717, 1.165) is 15.6 Å². The van der Waals surface area contributed by atoms with Crippen LogP contribution in [0.4, 0.5) is 4.39 Å². The Balaban J connectivity index is 2.02. The van der Waals surface area contributed by atoms with Gasteiger partial charge in [-0.2, -0.15) is 0 Å². The van der Waals surface area contributed by atoms with Crippen LogP contribution in [0.15, 0.2) is 46.9 Å². The second-order valence-corrected chi connectivity index (χ2v) is 5.66. The van der Waals surface area contributed by atoms with Gasteiger partial charge in [-0.15, -0.1) is 0 Å². The van der Waals surface area contributed by atoms with Crippen molar-refractivity contribution in [1.29, 1.82) is 0 Å². The molecule has 0 saturated heterocycles. The summed E-state index contributed by atoms with van der Waals surface area (Å²) < 4.78 is 14.6. The average Bonchev–Trinajstić information content (AvgIpc) is 2.45. The molecule has 0 heterocycles. The Morgan fingerprint density at radius 2 is 1.95 bits per heavy atom. The van der Waals surface area contributed by atoms with Crippen molar-refractivity contribution in [2.24, 2.45) is 0 Å². The van der Waals surface area contributed by atoms with Crippen LogP contribution in [0.5, 0.6) is 0 Å². The fourth-order valence-corrected chi connectivity index (χ4v) is 2.40. The van der Waals surface area contributed by atoms with Crippen molar-refractivity contribution in [1.82, 2.24) is 5.32 Å². The zero-order valence-electron chi connectivity index (χ0n) is 11.2. The molecule has 20 heavy (non-hydrogen) atoms. The highest BCUT2D eigenvalue weighted by molar-refractivity contribution is 9.10. The van der Waals surface area contributed by atoms with Crippen molar-refractivity contribution in [3.8, 4) is 0 Å². The van der Waals surface area contributed by atoms with E-state index in [-0.39, 0.29) is 18.5 Å². The quantitative estimate of drug-likeness (QED) is 0.866. The van der Waals surface area contributed by atoms with E-state index in [9.17, 15) is 4.39 Å². The number of halogens is 2. The van der Waals surface area contributed by atoms with E-state index in [1.54, 1.807) is 6.07 Å². The molecular formula is C16H17BrFNO. The van der Waals surface area contributed by atoms with Gasteiger partial charge in [0.1, 0.15) is 5.82 Å². The molecule has 0 spiro atoms. The van der Waals surface area contributed by atoms with Crippen LogP contribution < -0.4 is 5.32 Å². The van der Waals surface area contributed by atoms with Crippen molar-refractivity contribution >= 4 is 15.9 Å². The Bertz CT molecular complexity index is 588. The molecule has 106 valence electrons. The second kappa shape index (κ2) is 6.97. The van der Waals surface area contributed by atoms with Crippen LogP contribution in [-0.2, 0) is 13.2 Å². The molecule has 0 aliphatic heterocycles. The molecule has 1 atom stereocenters. The summed E-state index contributed by atoms with van der Waals surface area (Å²) in [5, 5.41) is 12.4. The van der Waals surface area contributed by atoms with Gasteiger partial charge in [-0.1, -0.05) is 46.3 Å². The smallest absolute Gasteiger partial charge is 0.129 e. The molecule has 0 amide bonds. The normalized spacial score (nSPS) is 12.4. The molecule has 0 saturated carbocycles. The van der Waals surface area contributed by atoms with Gasteiger partial charge in [0.15, 0.2) is 0 Å². The highest BCUT2D eigenvalue weighted by Gasteiger charge is 2.10. The first kappa shape index (κ1) is 15.2. The maximum atomic E-state index is 13.8. The molecule has 4 heteroatoms. The van der Waals surface area contributed by atoms with Gasteiger partial charge in [-0.25, -0.2) is 4.39 Å². The fraction of sp³-hybridized carbons (Fsp3) is 0.250. The summed E-state index contributed by atoms with van der Waals surface area (Å²) in [6.07, 6.45) is 0.